The minimum atomic E-state index is -4.85. The molecule has 1 heterocycles. The molecule has 27 heavy (non-hydrogen) atoms. The molecule has 0 aromatic heterocycles. The van der Waals surface area contributed by atoms with Crippen LogP contribution in [-0.4, -0.2) is 23.0 Å². The van der Waals surface area contributed by atoms with Crippen molar-refractivity contribution >= 4 is 52.2 Å². The van der Waals surface area contributed by atoms with Crippen molar-refractivity contribution in [1.82, 2.24) is 0 Å². The molecule has 0 saturated heterocycles. The smallest absolute Gasteiger partial charge is 0.400 e. The van der Waals surface area contributed by atoms with Gasteiger partial charge in [0.05, 0.1) is 16.8 Å². The molecule has 2 atom stereocenters. The van der Waals surface area contributed by atoms with Gasteiger partial charge in [0, 0.05) is 10.0 Å². The lowest BCUT2D eigenvalue weighted by Gasteiger charge is -2.30. The Hall–Kier alpha value is -1.96. The third kappa shape index (κ3) is 3.85. The summed E-state index contributed by atoms with van der Waals surface area (Å²) in [7, 11) is 0. The summed E-state index contributed by atoms with van der Waals surface area (Å²) in [6.45, 7) is 0. The molecule has 1 N–H and O–H groups in total. The van der Waals surface area contributed by atoms with Crippen molar-refractivity contribution in [3.63, 3.8) is 0 Å². The van der Waals surface area contributed by atoms with Crippen LogP contribution in [0.1, 0.15) is 11.6 Å². The van der Waals surface area contributed by atoms with E-state index in [2.05, 4.69) is 5.10 Å². The van der Waals surface area contributed by atoms with Gasteiger partial charge >= 0.3 is 12.1 Å². The fraction of sp³-hybridized carbons (Fsp3) is 0.176. The quantitative estimate of drug-likeness (QED) is 0.657. The van der Waals surface area contributed by atoms with E-state index >= 15 is 0 Å². The lowest BCUT2D eigenvalue weighted by Crippen LogP contribution is -2.38. The van der Waals surface area contributed by atoms with Crippen LogP contribution in [-0.2, 0) is 4.79 Å². The van der Waals surface area contributed by atoms with Crippen LogP contribution in [0.25, 0.3) is 0 Å². The molecule has 0 saturated carbocycles. The largest absolute Gasteiger partial charge is 0.477 e. The molecule has 3 rings (SSSR count). The van der Waals surface area contributed by atoms with E-state index in [4.69, 9.17) is 34.8 Å². The van der Waals surface area contributed by atoms with Crippen molar-refractivity contribution in [2.45, 2.75) is 12.2 Å². The number of benzene rings is 2. The number of carboxylic acid groups (broad SMARTS) is 1. The first-order chi connectivity index (χ1) is 12.6. The number of aliphatic carboxylic acids is 1. The number of anilines is 1. The number of rotatable bonds is 3. The zero-order valence-corrected chi connectivity index (χ0v) is 15.5. The molecule has 0 amide bonds. The van der Waals surface area contributed by atoms with E-state index in [1.54, 1.807) is 0 Å². The van der Waals surface area contributed by atoms with E-state index < -0.39 is 29.8 Å². The predicted octanol–water partition coefficient (Wildman–Crippen LogP) is 5.83. The average Bonchev–Trinajstić information content (AvgIpc) is 2.96. The normalized spacial score (nSPS) is 19.9. The molecule has 0 aliphatic carbocycles. The molecule has 2 aromatic carbocycles. The van der Waals surface area contributed by atoms with Crippen molar-refractivity contribution < 1.29 is 23.1 Å². The standard InChI is InChI=1S/C17H10Cl3F3N2O2/c18-9-3-1-8(2-4-9)15-13(17(21,22)23)14(16(26)27)24-25(15)12-6-5-10(19)7-11(12)20/h1-7,13,15H,(H,26,27). The highest BCUT2D eigenvalue weighted by Crippen LogP contribution is 2.48. The summed E-state index contributed by atoms with van der Waals surface area (Å²) in [6, 6.07) is 8.32. The van der Waals surface area contributed by atoms with E-state index in [-0.39, 0.29) is 21.3 Å². The SMILES string of the molecule is O=C(O)C1=NN(c2ccc(Cl)cc2Cl)C(c2ccc(Cl)cc2)C1C(F)(F)F. The highest BCUT2D eigenvalue weighted by atomic mass is 35.5. The number of carboxylic acids is 1. The maximum absolute atomic E-state index is 13.8. The fourth-order valence-electron chi connectivity index (χ4n) is 2.91. The van der Waals surface area contributed by atoms with Gasteiger partial charge < -0.3 is 5.11 Å². The third-order valence-corrected chi connectivity index (χ3v) is 4.82. The Balaban J connectivity index is 2.21. The van der Waals surface area contributed by atoms with Gasteiger partial charge in [-0.25, -0.2) is 4.79 Å². The van der Waals surface area contributed by atoms with Crippen molar-refractivity contribution in [3.05, 3.63) is 63.1 Å². The van der Waals surface area contributed by atoms with E-state index in [1.807, 2.05) is 0 Å². The van der Waals surface area contributed by atoms with Gasteiger partial charge in [0.1, 0.15) is 5.92 Å². The van der Waals surface area contributed by atoms with E-state index in [0.717, 1.165) is 5.01 Å². The van der Waals surface area contributed by atoms with Crippen LogP contribution in [0.15, 0.2) is 47.6 Å². The van der Waals surface area contributed by atoms with Crippen LogP contribution in [0.3, 0.4) is 0 Å². The zero-order valence-electron chi connectivity index (χ0n) is 13.2. The highest BCUT2D eigenvalue weighted by molar-refractivity contribution is 6.38. The second kappa shape index (κ2) is 7.22. The molecule has 0 bridgehead atoms. The molecule has 10 heteroatoms. The van der Waals surface area contributed by atoms with E-state index in [0.29, 0.717) is 5.02 Å². The van der Waals surface area contributed by atoms with Crippen LogP contribution in [0, 0.1) is 5.92 Å². The second-order valence-electron chi connectivity index (χ2n) is 5.75. The maximum atomic E-state index is 13.8. The average molecular weight is 438 g/mol. The first-order valence-corrected chi connectivity index (χ1v) is 8.61. The molecule has 2 aromatic rings. The number of hydrogen-bond donors (Lipinski definition) is 1. The van der Waals surface area contributed by atoms with Gasteiger partial charge in [-0.15, -0.1) is 0 Å². The second-order valence-corrected chi connectivity index (χ2v) is 7.03. The van der Waals surface area contributed by atoms with Crippen LogP contribution >= 0.6 is 34.8 Å². The Morgan fingerprint density at radius 2 is 1.63 bits per heavy atom. The molecule has 0 spiro atoms. The van der Waals surface area contributed by atoms with Crippen molar-refractivity contribution in [1.29, 1.82) is 0 Å². The molecule has 2 unspecified atom stereocenters. The number of nitrogens with zero attached hydrogens (tertiary/aromatic N) is 2. The number of carbonyl (C=O) groups is 1. The van der Waals surface area contributed by atoms with Gasteiger partial charge in [-0.2, -0.15) is 18.3 Å². The van der Waals surface area contributed by atoms with Crippen molar-refractivity contribution in [2.24, 2.45) is 11.0 Å². The van der Waals surface area contributed by atoms with Crippen LogP contribution in [0.5, 0.6) is 0 Å². The highest BCUT2D eigenvalue weighted by Gasteiger charge is 2.56. The van der Waals surface area contributed by atoms with Gasteiger partial charge in [0.15, 0.2) is 5.71 Å². The summed E-state index contributed by atoms with van der Waals surface area (Å²) in [5.74, 6) is -4.12. The van der Waals surface area contributed by atoms with Crippen molar-refractivity contribution in [2.75, 3.05) is 5.01 Å². The summed E-state index contributed by atoms with van der Waals surface area (Å²) in [5, 5.41) is 14.7. The lowest BCUT2D eigenvalue weighted by atomic mass is 9.89. The van der Waals surface area contributed by atoms with Gasteiger partial charge in [0.25, 0.3) is 0 Å². The van der Waals surface area contributed by atoms with Gasteiger partial charge in [0.2, 0.25) is 0 Å². The number of hydrogen-bond acceptors (Lipinski definition) is 3. The van der Waals surface area contributed by atoms with Crippen molar-refractivity contribution in [3.8, 4) is 0 Å². The fourth-order valence-corrected chi connectivity index (χ4v) is 3.53. The minimum Gasteiger partial charge on any atom is -0.477 e. The van der Waals surface area contributed by atoms with Crippen LogP contribution in [0.4, 0.5) is 18.9 Å². The molecule has 0 fully saturated rings. The molecule has 1 aliphatic rings. The summed E-state index contributed by atoms with van der Waals surface area (Å²) in [5.41, 5.74) is -0.729. The van der Waals surface area contributed by atoms with E-state index in [9.17, 15) is 23.1 Å². The predicted molar refractivity (Wildman–Crippen MR) is 97.7 cm³/mol. The maximum Gasteiger partial charge on any atom is 0.400 e. The molecular formula is C17H10Cl3F3N2O2. The summed E-state index contributed by atoms with van der Waals surface area (Å²) in [4.78, 5) is 11.5. The van der Waals surface area contributed by atoms with Gasteiger partial charge in [-0.1, -0.05) is 46.9 Å². The summed E-state index contributed by atoms with van der Waals surface area (Å²) < 4.78 is 41.4. The Morgan fingerprint density at radius 1 is 1.04 bits per heavy atom. The Kier molecular flexibility index (Phi) is 5.29. The number of hydrazone groups is 1. The van der Waals surface area contributed by atoms with Crippen LogP contribution in [0.2, 0.25) is 15.1 Å². The van der Waals surface area contributed by atoms with Gasteiger partial charge in [-0.3, -0.25) is 5.01 Å². The third-order valence-electron chi connectivity index (χ3n) is 4.03. The summed E-state index contributed by atoms with van der Waals surface area (Å²) >= 11 is 17.8. The molecule has 4 nitrogen and oxygen atoms in total. The molecule has 142 valence electrons. The molecular weight excluding hydrogens is 428 g/mol. The minimum absolute atomic E-state index is 0.0396. The molecule has 0 radical (unpaired) electrons. The van der Waals surface area contributed by atoms with E-state index in [1.165, 1.54) is 42.5 Å². The number of halogens is 6. The Morgan fingerprint density at radius 3 is 2.15 bits per heavy atom. The Labute approximate surface area is 166 Å². The first kappa shape index (κ1) is 19.8. The van der Waals surface area contributed by atoms with Crippen LogP contribution < -0.4 is 5.01 Å². The first-order valence-electron chi connectivity index (χ1n) is 7.48. The topological polar surface area (TPSA) is 52.9 Å². The summed E-state index contributed by atoms with van der Waals surface area (Å²) in [6.07, 6.45) is -4.85. The lowest BCUT2D eigenvalue weighted by molar-refractivity contribution is -0.162. The zero-order chi connectivity index (χ0) is 19.9. The molecule has 1 aliphatic heterocycles. The monoisotopic (exact) mass is 436 g/mol. The Bertz CT molecular complexity index is 917. The van der Waals surface area contributed by atoms with Gasteiger partial charge in [-0.05, 0) is 35.9 Å². The number of alkyl halides is 3.